The van der Waals surface area contributed by atoms with Gasteiger partial charge in [0.25, 0.3) is 5.91 Å². The summed E-state index contributed by atoms with van der Waals surface area (Å²) in [6.07, 6.45) is 1.01. The lowest BCUT2D eigenvalue weighted by molar-refractivity contribution is 0.0956. The number of carbonyl (C=O) groups excluding carboxylic acids is 1. The molecule has 1 atom stereocenters. The maximum atomic E-state index is 11.8. The molecule has 4 heteroatoms. The highest BCUT2D eigenvalue weighted by atomic mass is 32.1. The van der Waals surface area contributed by atoms with Crippen molar-refractivity contribution in [2.75, 3.05) is 11.9 Å². The topological polar surface area (TPSA) is 41.1 Å². The lowest BCUT2D eigenvalue weighted by Crippen LogP contribution is -2.22. The average molecular weight is 288 g/mol. The molecule has 2 rings (SSSR count). The fraction of sp³-hybridized carbons (Fsp3) is 0.312. The molecule has 0 spiro atoms. The number of anilines is 1. The third-order valence-electron chi connectivity index (χ3n) is 3.10. The molecule has 1 aromatic heterocycles. The molecule has 0 saturated carbocycles. The molecule has 0 aliphatic rings. The van der Waals surface area contributed by atoms with Crippen molar-refractivity contribution in [2.24, 2.45) is 0 Å². The van der Waals surface area contributed by atoms with Crippen LogP contribution in [0.1, 0.15) is 41.5 Å². The zero-order valence-electron chi connectivity index (χ0n) is 11.8. The van der Waals surface area contributed by atoms with Crippen LogP contribution < -0.4 is 10.6 Å². The second kappa shape index (κ2) is 7.10. The van der Waals surface area contributed by atoms with Gasteiger partial charge in [-0.3, -0.25) is 4.79 Å². The lowest BCUT2D eigenvalue weighted by Gasteiger charge is -2.17. The maximum Gasteiger partial charge on any atom is 0.251 e. The number of hydrogen-bond donors (Lipinski definition) is 2. The Hall–Kier alpha value is -1.81. The Morgan fingerprint density at radius 1 is 1.25 bits per heavy atom. The van der Waals surface area contributed by atoms with E-state index < -0.39 is 0 Å². The van der Waals surface area contributed by atoms with E-state index in [1.54, 1.807) is 11.3 Å². The average Bonchev–Trinajstić information content (AvgIpc) is 2.99. The van der Waals surface area contributed by atoms with Crippen LogP contribution in [0.2, 0.25) is 0 Å². The van der Waals surface area contributed by atoms with Gasteiger partial charge in [-0.25, -0.2) is 0 Å². The van der Waals surface area contributed by atoms with Gasteiger partial charge in [0.05, 0.1) is 6.04 Å². The first-order valence-corrected chi connectivity index (χ1v) is 7.80. The van der Waals surface area contributed by atoms with Crippen molar-refractivity contribution in [3.05, 3.63) is 52.2 Å². The summed E-state index contributed by atoms with van der Waals surface area (Å²) in [6, 6.07) is 12.1. The van der Waals surface area contributed by atoms with Crippen molar-refractivity contribution in [2.45, 2.75) is 26.3 Å². The Morgan fingerprint density at radius 2 is 2.10 bits per heavy atom. The van der Waals surface area contributed by atoms with Crippen LogP contribution in [0.3, 0.4) is 0 Å². The van der Waals surface area contributed by atoms with E-state index in [0.29, 0.717) is 18.2 Å². The minimum atomic E-state index is -0.0275. The van der Waals surface area contributed by atoms with E-state index in [4.69, 9.17) is 0 Å². The molecule has 2 N–H and O–H groups in total. The highest BCUT2D eigenvalue weighted by Gasteiger charge is 2.11. The van der Waals surface area contributed by atoms with Crippen molar-refractivity contribution in [3.8, 4) is 0 Å². The number of benzene rings is 1. The van der Waals surface area contributed by atoms with Crippen LogP contribution in [-0.2, 0) is 0 Å². The Kier molecular flexibility index (Phi) is 5.18. The smallest absolute Gasteiger partial charge is 0.251 e. The molecule has 0 aliphatic heterocycles. The van der Waals surface area contributed by atoms with Crippen LogP contribution >= 0.6 is 11.3 Å². The van der Waals surface area contributed by atoms with Crippen molar-refractivity contribution < 1.29 is 4.79 Å². The zero-order valence-corrected chi connectivity index (χ0v) is 12.7. The van der Waals surface area contributed by atoms with Crippen LogP contribution in [0.25, 0.3) is 0 Å². The fourth-order valence-corrected chi connectivity index (χ4v) is 2.94. The molecular formula is C16H20N2OS. The van der Waals surface area contributed by atoms with Gasteiger partial charge in [0.15, 0.2) is 0 Å². The molecule has 1 amide bonds. The minimum Gasteiger partial charge on any atom is -0.377 e. The van der Waals surface area contributed by atoms with Gasteiger partial charge < -0.3 is 10.6 Å². The standard InChI is InChI=1S/C16H20N2OS/c1-3-14(15-9-6-10-20-15)18-13-8-5-7-12(11-13)16(19)17-4-2/h5-11,14,18H,3-4H2,1-2H3,(H,17,19). The molecule has 0 saturated heterocycles. The van der Waals surface area contributed by atoms with Crippen LogP contribution in [0, 0.1) is 0 Å². The van der Waals surface area contributed by atoms with E-state index in [0.717, 1.165) is 12.1 Å². The van der Waals surface area contributed by atoms with E-state index in [2.05, 4.69) is 35.1 Å². The number of rotatable bonds is 6. The lowest BCUT2D eigenvalue weighted by atomic mass is 10.1. The summed E-state index contributed by atoms with van der Waals surface area (Å²) < 4.78 is 0. The van der Waals surface area contributed by atoms with Crippen LogP contribution in [0.15, 0.2) is 41.8 Å². The Bertz CT molecular complexity index is 551. The second-order valence-electron chi connectivity index (χ2n) is 4.56. The molecule has 3 nitrogen and oxygen atoms in total. The number of carbonyl (C=O) groups is 1. The van der Waals surface area contributed by atoms with E-state index in [1.165, 1.54) is 4.88 Å². The first-order chi connectivity index (χ1) is 9.74. The zero-order chi connectivity index (χ0) is 14.4. The Balaban J connectivity index is 2.13. The third-order valence-corrected chi connectivity index (χ3v) is 4.08. The monoisotopic (exact) mass is 288 g/mol. The fourth-order valence-electron chi connectivity index (χ4n) is 2.08. The van der Waals surface area contributed by atoms with Gasteiger partial charge in [-0.2, -0.15) is 0 Å². The molecule has 0 aliphatic carbocycles. The molecule has 0 fully saturated rings. The van der Waals surface area contributed by atoms with E-state index >= 15 is 0 Å². The van der Waals surface area contributed by atoms with Gasteiger partial charge in [0, 0.05) is 22.7 Å². The summed E-state index contributed by atoms with van der Waals surface area (Å²) in [5.41, 5.74) is 1.67. The summed E-state index contributed by atoms with van der Waals surface area (Å²) in [4.78, 5) is 13.2. The first-order valence-electron chi connectivity index (χ1n) is 6.92. The van der Waals surface area contributed by atoms with Gasteiger partial charge in [-0.1, -0.05) is 19.1 Å². The Labute approximate surface area is 124 Å². The maximum absolute atomic E-state index is 11.8. The molecular weight excluding hydrogens is 268 g/mol. The van der Waals surface area contributed by atoms with Crippen molar-refractivity contribution >= 4 is 22.9 Å². The second-order valence-corrected chi connectivity index (χ2v) is 5.54. The minimum absolute atomic E-state index is 0.0275. The summed E-state index contributed by atoms with van der Waals surface area (Å²) in [7, 11) is 0. The predicted molar refractivity (Wildman–Crippen MR) is 85.4 cm³/mol. The van der Waals surface area contributed by atoms with Gasteiger partial charge in [-0.05, 0) is 43.0 Å². The van der Waals surface area contributed by atoms with E-state index in [9.17, 15) is 4.79 Å². The van der Waals surface area contributed by atoms with Gasteiger partial charge in [0.1, 0.15) is 0 Å². The quantitative estimate of drug-likeness (QED) is 0.841. The van der Waals surface area contributed by atoms with Crippen molar-refractivity contribution in [3.63, 3.8) is 0 Å². The van der Waals surface area contributed by atoms with Crippen LogP contribution in [0.5, 0.6) is 0 Å². The molecule has 2 aromatic rings. The van der Waals surface area contributed by atoms with Crippen molar-refractivity contribution in [1.29, 1.82) is 0 Å². The molecule has 1 aromatic carbocycles. The summed E-state index contributed by atoms with van der Waals surface area (Å²) in [5, 5.41) is 8.41. The number of nitrogens with one attached hydrogen (secondary N) is 2. The molecule has 0 radical (unpaired) electrons. The normalized spacial score (nSPS) is 11.9. The van der Waals surface area contributed by atoms with Crippen molar-refractivity contribution in [1.82, 2.24) is 5.32 Å². The Morgan fingerprint density at radius 3 is 2.75 bits per heavy atom. The van der Waals surface area contributed by atoms with E-state index in [-0.39, 0.29) is 5.91 Å². The highest BCUT2D eigenvalue weighted by molar-refractivity contribution is 7.10. The van der Waals surface area contributed by atoms with Gasteiger partial charge in [-0.15, -0.1) is 11.3 Å². The van der Waals surface area contributed by atoms with Crippen LogP contribution in [0.4, 0.5) is 5.69 Å². The van der Waals surface area contributed by atoms with Crippen LogP contribution in [-0.4, -0.2) is 12.5 Å². The SMILES string of the molecule is CCNC(=O)c1cccc(NC(CC)c2cccs2)c1. The number of amides is 1. The first kappa shape index (κ1) is 14.6. The van der Waals surface area contributed by atoms with E-state index in [1.807, 2.05) is 31.2 Å². The third kappa shape index (κ3) is 3.61. The molecule has 106 valence electrons. The molecule has 1 heterocycles. The van der Waals surface area contributed by atoms with Gasteiger partial charge >= 0.3 is 0 Å². The predicted octanol–water partition coefficient (Wildman–Crippen LogP) is 4.06. The number of thiophene rings is 1. The summed E-state index contributed by atoms with van der Waals surface area (Å²) in [5.74, 6) is -0.0275. The summed E-state index contributed by atoms with van der Waals surface area (Å²) >= 11 is 1.75. The van der Waals surface area contributed by atoms with Gasteiger partial charge in [0.2, 0.25) is 0 Å². The largest absolute Gasteiger partial charge is 0.377 e. The highest BCUT2D eigenvalue weighted by Crippen LogP contribution is 2.26. The summed E-state index contributed by atoms with van der Waals surface area (Å²) in [6.45, 7) is 4.72. The molecule has 0 bridgehead atoms. The number of hydrogen-bond acceptors (Lipinski definition) is 3. The molecule has 20 heavy (non-hydrogen) atoms. The molecule has 1 unspecified atom stereocenters.